The van der Waals surface area contributed by atoms with Gasteiger partial charge in [-0.2, -0.15) is 0 Å². The van der Waals surface area contributed by atoms with Gasteiger partial charge in [-0.05, 0) is 33.1 Å². The van der Waals surface area contributed by atoms with E-state index in [1.807, 2.05) is 13.0 Å². The lowest BCUT2D eigenvalue weighted by molar-refractivity contribution is 0.372. The van der Waals surface area contributed by atoms with Crippen molar-refractivity contribution in [3.63, 3.8) is 0 Å². The number of rotatable bonds is 12. The summed E-state index contributed by atoms with van der Waals surface area (Å²) in [7, 11) is -1.51. The van der Waals surface area contributed by atoms with Gasteiger partial charge in [-0.3, -0.25) is 0 Å². The molecule has 0 amide bonds. The molecule has 0 aliphatic heterocycles. The lowest BCUT2D eigenvalue weighted by atomic mass is 9.99. The first-order valence-electron chi connectivity index (χ1n) is 9.79. The summed E-state index contributed by atoms with van der Waals surface area (Å²) in [5.74, 6) is 1.97. The van der Waals surface area contributed by atoms with Gasteiger partial charge >= 0.3 is 0 Å². The highest BCUT2D eigenvalue weighted by Crippen LogP contribution is 2.22. The zero-order valence-electron chi connectivity index (χ0n) is 17.3. The molecule has 0 spiro atoms. The fourth-order valence-electron chi connectivity index (χ4n) is 2.67. The predicted molar refractivity (Wildman–Crippen MR) is 109 cm³/mol. The monoisotopic (exact) mass is 401 g/mol. The third kappa shape index (κ3) is 7.88. The fourth-order valence-corrected chi connectivity index (χ4v) is 3.52. The van der Waals surface area contributed by atoms with Gasteiger partial charge in [0.1, 0.15) is 6.54 Å². The molecule has 0 bridgehead atoms. The molecule has 8 nitrogen and oxygen atoms in total. The average Bonchev–Trinajstić information content (AvgIpc) is 3.12. The van der Waals surface area contributed by atoms with Crippen LogP contribution in [-0.2, 0) is 16.6 Å². The quantitative estimate of drug-likeness (QED) is 0.317. The van der Waals surface area contributed by atoms with E-state index in [1.165, 1.54) is 4.31 Å². The number of sulfonamides is 1. The molecule has 9 heteroatoms. The van der Waals surface area contributed by atoms with E-state index < -0.39 is 10.0 Å². The number of aliphatic imine (C=N–C) groups is 1. The number of nitrogens with one attached hydrogen (secondary N) is 2. The van der Waals surface area contributed by atoms with E-state index in [9.17, 15) is 8.42 Å². The summed E-state index contributed by atoms with van der Waals surface area (Å²) in [5.41, 5.74) is 0.989. The minimum Gasteiger partial charge on any atom is -0.359 e. The lowest BCUT2D eigenvalue weighted by Gasteiger charge is -2.16. The van der Waals surface area contributed by atoms with Crippen molar-refractivity contribution in [2.24, 2.45) is 4.99 Å². The molecule has 0 atom stereocenters. The van der Waals surface area contributed by atoms with E-state index in [2.05, 4.69) is 34.6 Å². The zero-order chi connectivity index (χ0) is 20.3. The number of hydrogen-bond donors (Lipinski definition) is 2. The SMILES string of the molecule is CCNC(=NCc1cc(C(CC)CC)no1)NCCCN(C)S(=O)(=O)CC. The minimum atomic E-state index is -3.12. The van der Waals surface area contributed by atoms with Crippen LogP contribution in [0.5, 0.6) is 0 Å². The van der Waals surface area contributed by atoms with Gasteiger partial charge in [0, 0.05) is 38.7 Å². The van der Waals surface area contributed by atoms with E-state index in [-0.39, 0.29) is 5.75 Å². The molecule has 0 unspecified atom stereocenters. The molecular weight excluding hydrogens is 366 g/mol. The van der Waals surface area contributed by atoms with Crippen LogP contribution < -0.4 is 10.6 Å². The van der Waals surface area contributed by atoms with Crippen molar-refractivity contribution in [2.45, 2.75) is 59.4 Å². The largest absolute Gasteiger partial charge is 0.359 e. The van der Waals surface area contributed by atoms with Crippen molar-refractivity contribution < 1.29 is 12.9 Å². The third-order valence-electron chi connectivity index (χ3n) is 4.50. The number of hydrogen-bond acceptors (Lipinski definition) is 5. The van der Waals surface area contributed by atoms with Crippen LogP contribution >= 0.6 is 0 Å². The highest BCUT2D eigenvalue weighted by Gasteiger charge is 2.14. The van der Waals surface area contributed by atoms with E-state index in [0.29, 0.717) is 37.9 Å². The van der Waals surface area contributed by atoms with Gasteiger partial charge in [-0.15, -0.1) is 0 Å². The van der Waals surface area contributed by atoms with Crippen LogP contribution in [0.3, 0.4) is 0 Å². The second kappa shape index (κ2) is 12.0. The molecule has 1 rings (SSSR count). The Kier molecular flexibility index (Phi) is 10.4. The van der Waals surface area contributed by atoms with Crippen molar-refractivity contribution in [3.05, 3.63) is 17.5 Å². The maximum atomic E-state index is 11.7. The molecule has 2 N–H and O–H groups in total. The Bertz CT molecular complexity index is 668. The molecule has 0 fully saturated rings. The number of guanidine groups is 1. The summed E-state index contributed by atoms with van der Waals surface area (Å²) >= 11 is 0. The van der Waals surface area contributed by atoms with Crippen LogP contribution in [0.4, 0.5) is 0 Å². The van der Waals surface area contributed by atoms with Gasteiger partial charge < -0.3 is 15.2 Å². The molecular formula is C18H35N5O3S. The third-order valence-corrected chi connectivity index (χ3v) is 6.36. The summed E-state index contributed by atoms with van der Waals surface area (Å²) in [6.45, 7) is 10.2. The van der Waals surface area contributed by atoms with Crippen LogP contribution in [-0.4, -0.2) is 56.3 Å². The molecule has 27 heavy (non-hydrogen) atoms. The fraction of sp³-hybridized carbons (Fsp3) is 0.778. The Morgan fingerprint density at radius 2 is 1.96 bits per heavy atom. The van der Waals surface area contributed by atoms with Crippen molar-refractivity contribution in [1.29, 1.82) is 0 Å². The molecule has 0 aliphatic carbocycles. The van der Waals surface area contributed by atoms with Crippen molar-refractivity contribution in [1.82, 2.24) is 20.1 Å². The first kappa shape index (κ1) is 23.4. The van der Waals surface area contributed by atoms with Crippen molar-refractivity contribution >= 4 is 16.0 Å². The Balaban J connectivity index is 2.53. The second-order valence-corrected chi connectivity index (χ2v) is 8.79. The zero-order valence-corrected chi connectivity index (χ0v) is 18.1. The molecule has 0 saturated heterocycles. The van der Waals surface area contributed by atoms with Crippen molar-refractivity contribution in [2.75, 3.05) is 32.4 Å². The molecule has 156 valence electrons. The molecule has 0 aliphatic rings. The van der Waals surface area contributed by atoms with Crippen LogP contribution in [0.25, 0.3) is 0 Å². The number of nitrogens with zero attached hydrogens (tertiary/aromatic N) is 3. The summed E-state index contributed by atoms with van der Waals surface area (Å²) < 4.78 is 30.3. The van der Waals surface area contributed by atoms with Crippen molar-refractivity contribution in [3.8, 4) is 0 Å². The molecule has 1 aromatic rings. The van der Waals surface area contributed by atoms with Crippen LogP contribution in [0.1, 0.15) is 64.3 Å². The molecule has 1 heterocycles. The maximum absolute atomic E-state index is 11.7. The van der Waals surface area contributed by atoms with Crippen LogP contribution in [0.2, 0.25) is 0 Å². The lowest BCUT2D eigenvalue weighted by Crippen LogP contribution is -2.39. The smallest absolute Gasteiger partial charge is 0.213 e. The van der Waals surface area contributed by atoms with Gasteiger partial charge in [-0.25, -0.2) is 17.7 Å². The van der Waals surface area contributed by atoms with Crippen LogP contribution in [0, 0.1) is 0 Å². The Hall–Kier alpha value is -1.61. The first-order chi connectivity index (χ1) is 12.9. The van der Waals surface area contributed by atoms with Crippen LogP contribution in [0.15, 0.2) is 15.6 Å². The Morgan fingerprint density at radius 3 is 2.56 bits per heavy atom. The molecule has 0 radical (unpaired) electrons. The van der Waals surface area contributed by atoms with Gasteiger partial charge in [0.2, 0.25) is 10.0 Å². The molecule has 0 saturated carbocycles. The van der Waals surface area contributed by atoms with E-state index >= 15 is 0 Å². The predicted octanol–water partition coefficient (Wildman–Crippen LogP) is 2.30. The molecule has 1 aromatic heterocycles. The summed E-state index contributed by atoms with van der Waals surface area (Å²) in [6.07, 6.45) is 2.78. The second-order valence-electron chi connectivity index (χ2n) is 6.43. The van der Waals surface area contributed by atoms with E-state index in [4.69, 9.17) is 4.52 Å². The van der Waals surface area contributed by atoms with Gasteiger partial charge in [0.05, 0.1) is 11.4 Å². The van der Waals surface area contributed by atoms with Gasteiger partial charge in [-0.1, -0.05) is 19.0 Å². The highest BCUT2D eigenvalue weighted by atomic mass is 32.2. The van der Waals surface area contributed by atoms with Gasteiger partial charge in [0.15, 0.2) is 11.7 Å². The number of aromatic nitrogens is 1. The average molecular weight is 402 g/mol. The maximum Gasteiger partial charge on any atom is 0.213 e. The highest BCUT2D eigenvalue weighted by molar-refractivity contribution is 7.89. The molecule has 0 aromatic carbocycles. The summed E-state index contributed by atoms with van der Waals surface area (Å²) in [6, 6.07) is 1.98. The minimum absolute atomic E-state index is 0.122. The summed E-state index contributed by atoms with van der Waals surface area (Å²) in [5, 5.41) is 10.6. The van der Waals surface area contributed by atoms with E-state index in [1.54, 1.807) is 14.0 Å². The standard InChI is InChI=1S/C18H35N5O3S/c1-6-15(7-2)17-13-16(26-22-17)14-21-18(19-8-3)20-11-10-12-23(5)27(24,25)9-4/h13,15H,6-12,14H2,1-5H3,(H2,19,20,21). The topological polar surface area (TPSA) is 99.8 Å². The van der Waals surface area contributed by atoms with Gasteiger partial charge in [0.25, 0.3) is 0 Å². The Labute approximate surface area is 163 Å². The first-order valence-corrected chi connectivity index (χ1v) is 11.4. The van der Waals surface area contributed by atoms with E-state index in [0.717, 1.165) is 30.8 Å². The Morgan fingerprint density at radius 1 is 1.26 bits per heavy atom. The summed E-state index contributed by atoms with van der Waals surface area (Å²) in [4.78, 5) is 4.52. The normalized spacial score (nSPS) is 12.8.